The van der Waals surface area contributed by atoms with Gasteiger partial charge in [0.15, 0.2) is 0 Å². The van der Waals surface area contributed by atoms with Gasteiger partial charge in [-0.3, -0.25) is 9.59 Å². The summed E-state index contributed by atoms with van der Waals surface area (Å²) in [7, 11) is -2.20. The first-order valence-electron chi connectivity index (χ1n) is 10.6. The van der Waals surface area contributed by atoms with Gasteiger partial charge in [-0.1, -0.05) is 36.2 Å². The summed E-state index contributed by atoms with van der Waals surface area (Å²) < 4.78 is 27.9. The topological polar surface area (TPSA) is 103 Å². The minimum absolute atomic E-state index is 0.0772. The van der Waals surface area contributed by atoms with Crippen LogP contribution in [0.25, 0.3) is 10.9 Å². The molecule has 1 saturated heterocycles. The highest BCUT2D eigenvalue weighted by atomic mass is 32.2. The number of aromatic amines is 1. The van der Waals surface area contributed by atoms with E-state index in [9.17, 15) is 18.0 Å². The minimum atomic E-state index is -3.80. The van der Waals surface area contributed by atoms with E-state index < -0.39 is 16.1 Å². The Kier molecular flexibility index (Phi) is 6.12. The number of fused-ring (bicyclic) bond motifs is 1. The fourth-order valence-corrected chi connectivity index (χ4v) is 5.70. The smallest absolute Gasteiger partial charge is 0.258 e. The molecule has 0 spiro atoms. The molecule has 3 aromatic rings. The second-order valence-corrected chi connectivity index (χ2v) is 10.1. The van der Waals surface area contributed by atoms with Crippen LogP contribution in [0.2, 0.25) is 0 Å². The van der Waals surface area contributed by atoms with Crippen LogP contribution in [0, 0.1) is 6.92 Å². The predicted molar refractivity (Wildman–Crippen MR) is 122 cm³/mol. The van der Waals surface area contributed by atoms with E-state index in [0.29, 0.717) is 36.1 Å². The molecular weight excluding hydrogens is 428 g/mol. The zero-order valence-electron chi connectivity index (χ0n) is 18.1. The number of carbonyl (C=O) groups is 1. The van der Waals surface area contributed by atoms with Gasteiger partial charge in [0.1, 0.15) is 11.9 Å². The van der Waals surface area contributed by atoms with Gasteiger partial charge in [0, 0.05) is 13.6 Å². The lowest BCUT2D eigenvalue weighted by atomic mass is 10.0. The van der Waals surface area contributed by atoms with Crippen LogP contribution < -0.4 is 5.56 Å². The third kappa shape index (κ3) is 4.31. The normalized spacial score (nSPS) is 17.4. The van der Waals surface area contributed by atoms with E-state index in [1.807, 2.05) is 6.92 Å². The van der Waals surface area contributed by atoms with Crippen LogP contribution in [0.1, 0.15) is 30.7 Å². The van der Waals surface area contributed by atoms with E-state index in [1.54, 1.807) is 55.6 Å². The highest BCUT2D eigenvalue weighted by Gasteiger charge is 2.38. The molecule has 0 aliphatic carbocycles. The number of carbonyl (C=O) groups excluding carboxylic acids is 1. The van der Waals surface area contributed by atoms with Crippen molar-refractivity contribution in [2.24, 2.45) is 0 Å². The first-order chi connectivity index (χ1) is 15.3. The van der Waals surface area contributed by atoms with E-state index >= 15 is 0 Å². The van der Waals surface area contributed by atoms with Crippen LogP contribution in [-0.2, 0) is 21.4 Å². The molecule has 1 aliphatic rings. The lowest BCUT2D eigenvalue weighted by molar-refractivity contribution is -0.135. The molecule has 4 rings (SSSR count). The third-order valence-electron chi connectivity index (χ3n) is 5.79. The molecule has 1 aromatic heterocycles. The molecule has 32 heavy (non-hydrogen) atoms. The van der Waals surface area contributed by atoms with Crippen LogP contribution in [0.4, 0.5) is 0 Å². The lowest BCUT2D eigenvalue weighted by Crippen LogP contribution is -2.52. The number of rotatable bonds is 5. The van der Waals surface area contributed by atoms with Crippen LogP contribution in [0.15, 0.2) is 58.2 Å². The average molecular weight is 455 g/mol. The molecule has 2 heterocycles. The van der Waals surface area contributed by atoms with Gasteiger partial charge in [-0.05, 0) is 44.0 Å². The zero-order valence-corrected chi connectivity index (χ0v) is 18.9. The van der Waals surface area contributed by atoms with Crippen LogP contribution in [0.3, 0.4) is 0 Å². The van der Waals surface area contributed by atoms with Crippen molar-refractivity contribution in [3.8, 4) is 0 Å². The number of nitrogens with zero attached hydrogens (tertiary/aromatic N) is 3. The first kappa shape index (κ1) is 22.2. The molecule has 1 fully saturated rings. The molecular formula is C23H26N4O4S. The molecule has 1 N–H and O–H groups in total. The molecule has 0 bridgehead atoms. The number of piperidine rings is 1. The number of amides is 1. The van der Waals surface area contributed by atoms with Crippen molar-refractivity contribution in [1.82, 2.24) is 19.2 Å². The zero-order chi connectivity index (χ0) is 22.9. The number of aromatic nitrogens is 2. The molecule has 0 saturated carbocycles. The number of H-pyrrole nitrogens is 1. The van der Waals surface area contributed by atoms with Gasteiger partial charge in [0.2, 0.25) is 15.9 Å². The number of aryl methyl sites for hydroxylation is 1. The maximum atomic E-state index is 13.3. The second kappa shape index (κ2) is 8.84. The Labute approximate surface area is 186 Å². The van der Waals surface area contributed by atoms with E-state index in [2.05, 4.69) is 9.97 Å². The van der Waals surface area contributed by atoms with Crippen molar-refractivity contribution in [2.75, 3.05) is 13.6 Å². The fraction of sp³-hybridized carbons (Fsp3) is 0.348. The lowest BCUT2D eigenvalue weighted by Gasteiger charge is -2.35. The third-order valence-corrected chi connectivity index (χ3v) is 7.71. The summed E-state index contributed by atoms with van der Waals surface area (Å²) in [6.45, 7) is 2.27. The maximum Gasteiger partial charge on any atom is 0.258 e. The molecule has 1 unspecified atom stereocenters. The van der Waals surface area contributed by atoms with Crippen molar-refractivity contribution in [3.05, 3.63) is 70.3 Å². The maximum absolute atomic E-state index is 13.3. The Morgan fingerprint density at radius 2 is 1.88 bits per heavy atom. The Bertz CT molecular complexity index is 1300. The van der Waals surface area contributed by atoms with Crippen LogP contribution in [-0.4, -0.2) is 53.1 Å². The number of hydrogen-bond donors (Lipinski definition) is 1. The number of sulfonamides is 1. The highest BCUT2D eigenvalue weighted by Crippen LogP contribution is 2.27. The molecule has 1 aliphatic heterocycles. The van der Waals surface area contributed by atoms with Crippen molar-refractivity contribution < 1.29 is 13.2 Å². The summed E-state index contributed by atoms with van der Waals surface area (Å²) in [5, 5.41) is 0.480. The largest absolute Gasteiger partial charge is 0.337 e. The Hall–Kier alpha value is -3.04. The summed E-state index contributed by atoms with van der Waals surface area (Å²) in [5.41, 5.74) is 1.24. The number of benzene rings is 2. The number of para-hydroxylation sites is 1. The molecule has 2 aromatic carbocycles. The van der Waals surface area contributed by atoms with Gasteiger partial charge in [0.05, 0.1) is 22.3 Å². The van der Waals surface area contributed by atoms with Crippen molar-refractivity contribution >= 4 is 26.8 Å². The second-order valence-electron chi connectivity index (χ2n) is 8.16. The molecule has 9 heteroatoms. The molecule has 8 nitrogen and oxygen atoms in total. The van der Waals surface area contributed by atoms with Gasteiger partial charge in [-0.25, -0.2) is 13.4 Å². The summed E-state index contributed by atoms with van der Waals surface area (Å²) in [6.07, 6.45) is 1.93. The van der Waals surface area contributed by atoms with E-state index in [-0.39, 0.29) is 22.9 Å². The van der Waals surface area contributed by atoms with Gasteiger partial charge >= 0.3 is 0 Å². The summed E-state index contributed by atoms with van der Waals surface area (Å²) in [5.74, 6) is 0.0458. The van der Waals surface area contributed by atoms with Crippen LogP contribution >= 0.6 is 0 Å². The molecule has 1 amide bonds. The number of nitrogens with one attached hydrogen (secondary N) is 1. The first-order valence-corrected chi connectivity index (χ1v) is 12.0. The van der Waals surface area contributed by atoms with Crippen molar-refractivity contribution in [2.45, 2.75) is 43.7 Å². The van der Waals surface area contributed by atoms with E-state index in [4.69, 9.17) is 0 Å². The van der Waals surface area contributed by atoms with Gasteiger partial charge in [0.25, 0.3) is 5.56 Å². The van der Waals surface area contributed by atoms with Crippen LogP contribution in [0.5, 0.6) is 0 Å². The summed E-state index contributed by atoms with van der Waals surface area (Å²) in [4.78, 5) is 34.4. The molecule has 1 atom stereocenters. The molecule has 0 radical (unpaired) electrons. The van der Waals surface area contributed by atoms with Gasteiger partial charge in [-0.15, -0.1) is 0 Å². The Morgan fingerprint density at radius 3 is 2.62 bits per heavy atom. The monoisotopic (exact) mass is 454 g/mol. The summed E-state index contributed by atoms with van der Waals surface area (Å²) >= 11 is 0. The number of hydrogen-bond acceptors (Lipinski definition) is 5. The van der Waals surface area contributed by atoms with Gasteiger partial charge in [-0.2, -0.15) is 4.31 Å². The summed E-state index contributed by atoms with van der Waals surface area (Å²) in [6, 6.07) is 12.9. The molecule has 168 valence electrons. The van der Waals surface area contributed by atoms with Crippen molar-refractivity contribution in [1.29, 1.82) is 0 Å². The quantitative estimate of drug-likeness (QED) is 0.638. The van der Waals surface area contributed by atoms with Gasteiger partial charge < -0.3 is 9.88 Å². The minimum Gasteiger partial charge on any atom is -0.337 e. The van der Waals surface area contributed by atoms with E-state index in [1.165, 1.54) is 9.21 Å². The fourth-order valence-electron chi connectivity index (χ4n) is 4.05. The number of likely N-dealkylation sites (N-methyl/N-ethyl adjacent to an activating group) is 1. The van der Waals surface area contributed by atoms with Crippen molar-refractivity contribution in [3.63, 3.8) is 0 Å². The standard InChI is InChI=1S/C23H26N4O4S/c1-16-10-12-17(13-11-16)32(30,31)27-14-6-5-9-20(27)23(29)26(2)15-21-24-19-8-4-3-7-18(19)22(28)25-21/h3-4,7-8,10-13,20H,5-6,9,14-15H2,1-2H3,(H,24,25,28). The van der Waals surface area contributed by atoms with E-state index in [0.717, 1.165) is 12.0 Å². The Morgan fingerprint density at radius 1 is 1.16 bits per heavy atom. The SMILES string of the molecule is Cc1ccc(S(=O)(=O)N2CCCCC2C(=O)N(C)Cc2nc3ccccc3c(=O)[nH]2)cc1. The Balaban J connectivity index is 1.58. The predicted octanol–water partition coefficient (Wildman–Crippen LogP) is 2.43. The highest BCUT2D eigenvalue weighted by molar-refractivity contribution is 7.89. The average Bonchev–Trinajstić information content (AvgIpc) is 2.79.